The van der Waals surface area contributed by atoms with E-state index in [4.69, 9.17) is 4.74 Å². The normalized spacial score (nSPS) is 21.0. The Morgan fingerprint density at radius 3 is 2.64 bits per heavy atom. The molecule has 1 unspecified atom stereocenters. The van der Waals surface area contributed by atoms with Gasteiger partial charge in [0.05, 0.1) is 18.3 Å². The van der Waals surface area contributed by atoms with Gasteiger partial charge in [0.15, 0.2) is 0 Å². The Morgan fingerprint density at radius 2 is 2.05 bits per heavy atom. The number of ether oxygens (including phenoxy) is 1. The fraction of sp³-hybridized carbons (Fsp3) is 0.500. The zero-order valence-electron chi connectivity index (χ0n) is 13.3. The summed E-state index contributed by atoms with van der Waals surface area (Å²) in [4.78, 5) is 23.6. The summed E-state index contributed by atoms with van der Waals surface area (Å²) < 4.78 is 5.26. The Bertz CT molecular complexity index is 566. The Hall–Kier alpha value is -2.08. The van der Waals surface area contributed by atoms with Gasteiger partial charge in [-0.2, -0.15) is 0 Å². The highest BCUT2D eigenvalue weighted by Gasteiger charge is 2.34. The van der Waals surface area contributed by atoms with Crippen molar-refractivity contribution in [3.8, 4) is 5.75 Å². The average molecular weight is 305 g/mol. The molecule has 6 nitrogen and oxygen atoms in total. The highest BCUT2D eigenvalue weighted by atomic mass is 16.5. The molecule has 0 aliphatic carbocycles. The van der Waals surface area contributed by atoms with Crippen LogP contribution in [0.25, 0.3) is 0 Å². The lowest BCUT2D eigenvalue weighted by Gasteiger charge is -2.33. The van der Waals surface area contributed by atoms with Gasteiger partial charge in [-0.3, -0.25) is 9.59 Å². The van der Waals surface area contributed by atoms with Crippen LogP contribution in [0.15, 0.2) is 18.2 Å². The van der Waals surface area contributed by atoms with E-state index in [0.29, 0.717) is 17.1 Å². The second-order valence-corrected chi connectivity index (χ2v) is 5.77. The standard InChI is InChI=1S/C16H23N3O3/c1-11(20)18-13-7-6-12(10-14(13)22-3)19-15(21)16(2)8-4-5-9-17-16/h6-7,10,17H,4-5,8-9H2,1-3H3,(H,18,20)(H,19,21). The maximum absolute atomic E-state index is 12.5. The lowest BCUT2D eigenvalue weighted by Crippen LogP contribution is -2.54. The van der Waals surface area contributed by atoms with Crippen LogP contribution in [0.4, 0.5) is 11.4 Å². The van der Waals surface area contributed by atoms with E-state index in [0.717, 1.165) is 25.8 Å². The molecule has 2 rings (SSSR count). The Balaban J connectivity index is 2.12. The van der Waals surface area contributed by atoms with Gasteiger partial charge in [-0.15, -0.1) is 0 Å². The molecule has 0 bridgehead atoms. The van der Waals surface area contributed by atoms with E-state index in [-0.39, 0.29) is 11.8 Å². The molecule has 120 valence electrons. The van der Waals surface area contributed by atoms with E-state index in [2.05, 4.69) is 16.0 Å². The first-order valence-corrected chi connectivity index (χ1v) is 7.47. The summed E-state index contributed by atoms with van der Waals surface area (Å²) in [5.74, 6) is 0.283. The van der Waals surface area contributed by atoms with Gasteiger partial charge in [-0.25, -0.2) is 0 Å². The van der Waals surface area contributed by atoms with Gasteiger partial charge in [-0.1, -0.05) is 0 Å². The van der Waals surface area contributed by atoms with E-state index in [1.165, 1.54) is 14.0 Å². The van der Waals surface area contributed by atoms with Crippen molar-refractivity contribution in [3.05, 3.63) is 18.2 Å². The molecule has 2 amide bonds. The number of nitrogens with one attached hydrogen (secondary N) is 3. The molecule has 1 atom stereocenters. The first-order valence-electron chi connectivity index (χ1n) is 7.47. The van der Waals surface area contributed by atoms with Crippen LogP contribution < -0.4 is 20.7 Å². The largest absolute Gasteiger partial charge is 0.494 e. The number of carbonyl (C=O) groups is 2. The number of hydrogen-bond acceptors (Lipinski definition) is 4. The maximum atomic E-state index is 12.5. The summed E-state index contributed by atoms with van der Waals surface area (Å²) in [6.07, 6.45) is 2.96. The smallest absolute Gasteiger partial charge is 0.244 e. The number of piperidine rings is 1. The van der Waals surface area contributed by atoms with Gasteiger partial charge in [0.2, 0.25) is 11.8 Å². The van der Waals surface area contributed by atoms with E-state index >= 15 is 0 Å². The molecule has 0 saturated carbocycles. The van der Waals surface area contributed by atoms with Crippen LogP contribution in [-0.4, -0.2) is 31.0 Å². The van der Waals surface area contributed by atoms with Crippen molar-refractivity contribution in [1.82, 2.24) is 5.32 Å². The second kappa shape index (κ2) is 6.79. The molecule has 1 heterocycles. The van der Waals surface area contributed by atoms with Gasteiger partial charge in [0.1, 0.15) is 5.75 Å². The van der Waals surface area contributed by atoms with E-state index in [9.17, 15) is 9.59 Å². The van der Waals surface area contributed by atoms with Gasteiger partial charge in [0.25, 0.3) is 0 Å². The van der Waals surface area contributed by atoms with Crippen molar-refractivity contribution >= 4 is 23.2 Å². The third kappa shape index (κ3) is 3.76. The van der Waals surface area contributed by atoms with Crippen LogP contribution in [0.5, 0.6) is 5.75 Å². The lowest BCUT2D eigenvalue weighted by atomic mass is 9.90. The molecule has 0 spiro atoms. The minimum Gasteiger partial charge on any atom is -0.494 e. The average Bonchev–Trinajstić information content (AvgIpc) is 2.49. The van der Waals surface area contributed by atoms with Crippen LogP contribution >= 0.6 is 0 Å². The molecule has 1 saturated heterocycles. The SMILES string of the molecule is COc1cc(NC(=O)C2(C)CCCCN2)ccc1NC(C)=O. The summed E-state index contributed by atoms with van der Waals surface area (Å²) in [5, 5.41) is 8.88. The summed E-state index contributed by atoms with van der Waals surface area (Å²) >= 11 is 0. The van der Waals surface area contributed by atoms with Crippen LogP contribution in [0.3, 0.4) is 0 Å². The Morgan fingerprint density at radius 1 is 1.27 bits per heavy atom. The highest BCUT2D eigenvalue weighted by molar-refractivity contribution is 5.98. The molecule has 1 fully saturated rings. The van der Waals surface area contributed by atoms with Gasteiger partial charge in [0, 0.05) is 18.7 Å². The molecule has 1 aromatic carbocycles. The van der Waals surface area contributed by atoms with Crippen molar-refractivity contribution < 1.29 is 14.3 Å². The third-order valence-corrected chi connectivity index (χ3v) is 3.89. The number of hydrogen-bond donors (Lipinski definition) is 3. The number of amides is 2. The highest BCUT2D eigenvalue weighted by Crippen LogP contribution is 2.29. The first-order chi connectivity index (χ1) is 10.4. The molecule has 22 heavy (non-hydrogen) atoms. The lowest BCUT2D eigenvalue weighted by molar-refractivity contribution is -0.122. The molecular weight excluding hydrogens is 282 g/mol. The second-order valence-electron chi connectivity index (χ2n) is 5.77. The zero-order valence-corrected chi connectivity index (χ0v) is 13.3. The summed E-state index contributed by atoms with van der Waals surface area (Å²) in [6.45, 7) is 4.21. The van der Waals surface area contributed by atoms with Crippen LogP contribution in [0, 0.1) is 0 Å². The molecule has 1 aliphatic rings. The van der Waals surface area contributed by atoms with E-state index < -0.39 is 5.54 Å². The van der Waals surface area contributed by atoms with Gasteiger partial charge in [-0.05, 0) is 44.9 Å². The summed E-state index contributed by atoms with van der Waals surface area (Å²) in [7, 11) is 1.52. The quantitative estimate of drug-likeness (QED) is 0.796. The molecule has 0 aromatic heterocycles. The first kappa shape index (κ1) is 16.3. The molecule has 3 N–H and O–H groups in total. The van der Waals surface area contributed by atoms with Gasteiger partial charge < -0.3 is 20.7 Å². The number of carbonyl (C=O) groups excluding carboxylic acids is 2. The van der Waals surface area contributed by atoms with Crippen molar-refractivity contribution in [3.63, 3.8) is 0 Å². The summed E-state index contributed by atoms with van der Waals surface area (Å²) in [5.41, 5.74) is 0.682. The molecular formula is C16H23N3O3. The van der Waals surface area contributed by atoms with Crippen molar-refractivity contribution in [2.75, 3.05) is 24.3 Å². The third-order valence-electron chi connectivity index (χ3n) is 3.89. The number of rotatable bonds is 4. The van der Waals surface area contributed by atoms with E-state index in [1.807, 2.05) is 6.92 Å². The molecule has 0 radical (unpaired) electrons. The van der Waals surface area contributed by atoms with E-state index in [1.54, 1.807) is 18.2 Å². The number of anilines is 2. The topological polar surface area (TPSA) is 79.5 Å². The van der Waals surface area contributed by atoms with Gasteiger partial charge >= 0.3 is 0 Å². The number of benzene rings is 1. The van der Waals surface area contributed by atoms with Crippen molar-refractivity contribution in [2.24, 2.45) is 0 Å². The summed E-state index contributed by atoms with van der Waals surface area (Å²) in [6, 6.07) is 5.17. The number of methoxy groups -OCH3 is 1. The maximum Gasteiger partial charge on any atom is 0.244 e. The fourth-order valence-corrected chi connectivity index (χ4v) is 2.58. The minimum atomic E-state index is -0.540. The van der Waals surface area contributed by atoms with Crippen molar-refractivity contribution in [1.29, 1.82) is 0 Å². The van der Waals surface area contributed by atoms with Crippen LogP contribution in [0.1, 0.15) is 33.1 Å². The molecule has 1 aromatic rings. The Kier molecular flexibility index (Phi) is 5.03. The fourth-order valence-electron chi connectivity index (χ4n) is 2.58. The van der Waals surface area contributed by atoms with Crippen molar-refractivity contribution in [2.45, 2.75) is 38.6 Å². The zero-order chi connectivity index (χ0) is 16.2. The monoisotopic (exact) mass is 305 g/mol. The minimum absolute atomic E-state index is 0.0541. The van der Waals surface area contributed by atoms with Crippen LogP contribution in [-0.2, 0) is 9.59 Å². The van der Waals surface area contributed by atoms with Crippen LogP contribution in [0.2, 0.25) is 0 Å². The molecule has 1 aliphatic heterocycles. The molecule has 6 heteroatoms. The Labute approximate surface area is 130 Å². The predicted molar refractivity (Wildman–Crippen MR) is 86.2 cm³/mol. The predicted octanol–water partition coefficient (Wildman–Crippen LogP) is 2.12.